The second kappa shape index (κ2) is 4.87. The fourth-order valence-corrected chi connectivity index (χ4v) is 1.16. The van der Waals surface area contributed by atoms with Gasteiger partial charge in [0.05, 0.1) is 5.92 Å². The molecule has 0 heterocycles. The minimum atomic E-state index is -0.291. The van der Waals surface area contributed by atoms with Crippen LogP contribution < -0.4 is 0 Å². The van der Waals surface area contributed by atoms with Gasteiger partial charge in [-0.2, -0.15) is 0 Å². The SMILES string of the molecule is C[C@H](C(=O)OCCl)c1ccccc1. The zero-order valence-corrected chi connectivity index (χ0v) is 8.12. The molecule has 0 aromatic heterocycles. The molecule has 2 nitrogen and oxygen atoms in total. The number of ether oxygens (including phenoxy) is 1. The van der Waals surface area contributed by atoms with E-state index < -0.39 is 0 Å². The number of carbonyl (C=O) groups excluding carboxylic acids is 1. The predicted molar refractivity (Wildman–Crippen MR) is 51.7 cm³/mol. The molecule has 0 aliphatic carbocycles. The minimum absolute atomic E-state index is 0.0873. The molecule has 0 saturated carbocycles. The lowest BCUT2D eigenvalue weighted by atomic mass is 10.0. The van der Waals surface area contributed by atoms with Crippen molar-refractivity contribution in [3.05, 3.63) is 35.9 Å². The van der Waals surface area contributed by atoms with Crippen molar-refractivity contribution in [1.82, 2.24) is 0 Å². The Morgan fingerprint density at radius 2 is 2.08 bits per heavy atom. The Kier molecular flexibility index (Phi) is 3.77. The van der Waals surface area contributed by atoms with Gasteiger partial charge in [-0.3, -0.25) is 4.79 Å². The lowest BCUT2D eigenvalue weighted by Gasteiger charge is -2.09. The molecular formula is C10H11ClO2. The van der Waals surface area contributed by atoms with Crippen molar-refractivity contribution in [3.63, 3.8) is 0 Å². The number of rotatable bonds is 3. The number of hydrogen-bond donors (Lipinski definition) is 0. The van der Waals surface area contributed by atoms with Crippen molar-refractivity contribution in [3.8, 4) is 0 Å². The summed E-state index contributed by atoms with van der Waals surface area (Å²) in [6.45, 7) is 1.80. The van der Waals surface area contributed by atoms with E-state index in [4.69, 9.17) is 11.6 Å². The highest BCUT2D eigenvalue weighted by atomic mass is 35.5. The summed E-state index contributed by atoms with van der Waals surface area (Å²) in [6.07, 6.45) is 0. The summed E-state index contributed by atoms with van der Waals surface area (Å²) in [4.78, 5) is 11.2. The molecule has 0 fully saturated rings. The monoisotopic (exact) mass is 198 g/mol. The molecular weight excluding hydrogens is 188 g/mol. The van der Waals surface area contributed by atoms with Crippen LogP contribution in [0, 0.1) is 0 Å². The highest BCUT2D eigenvalue weighted by Crippen LogP contribution is 2.15. The first-order valence-electron chi connectivity index (χ1n) is 4.03. The van der Waals surface area contributed by atoms with Crippen LogP contribution in [0.1, 0.15) is 18.4 Å². The third-order valence-electron chi connectivity index (χ3n) is 1.85. The van der Waals surface area contributed by atoms with E-state index in [-0.39, 0.29) is 18.0 Å². The van der Waals surface area contributed by atoms with Gasteiger partial charge in [0.25, 0.3) is 0 Å². The summed E-state index contributed by atoms with van der Waals surface area (Å²) in [6, 6.07) is 9.37. The van der Waals surface area contributed by atoms with Gasteiger partial charge < -0.3 is 4.74 Å². The second-order valence-electron chi connectivity index (χ2n) is 2.70. The largest absolute Gasteiger partial charge is 0.449 e. The molecule has 0 unspecified atom stereocenters. The first-order chi connectivity index (χ1) is 6.25. The van der Waals surface area contributed by atoms with Gasteiger partial charge >= 0.3 is 5.97 Å². The van der Waals surface area contributed by atoms with E-state index in [0.29, 0.717) is 0 Å². The summed E-state index contributed by atoms with van der Waals surface area (Å²) < 4.78 is 4.68. The molecule has 1 aromatic carbocycles. The van der Waals surface area contributed by atoms with E-state index in [1.165, 1.54) is 0 Å². The zero-order chi connectivity index (χ0) is 9.68. The van der Waals surface area contributed by atoms with Gasteiger partial charge in [0.1, 0.15) is 0 Å². The molecule has 0 saturated heterocycles. The summed E-state index contributed by atoms with van der Waals surface area (Å²) in [5, 5.41) is 0. The smallest absolute Gasteiger partial charge is 0.314 e. The Balaban J connectivity index is 2.68. The van der Waals surface area contributed by atoms with Gasteiger partial charge in [0.15, 0.2) is 6.07 Å². The van der Waals surface area contributed by atoms with Gasteiger partial charge in [-0.15, -0.1) is 0 Å². The zero-order valence-electron chi connectivity index (χ0n) is 7.37. The third-order valence-corrected chi connectivity index (χ3v) is 1.96. The van der Waals surface area contributed by atoms with Crippen LogP contribution in [0.4, 0.5) is 0 Å². The maximum Gasteiger partial charge on any atom is 0.314 e. The van der Waals surface area contributed by atoms with Gasteiger partial charge in [-0.1, -0.05) is 41.9 Å². The van der Waals surface area contributed by atoms with Crippen LogP contribution in [-0.4, -0.2) is 12.0 Å². The molecule has 0 amide bonds. The van der Waals surface area contributed by atoms with E-state index in [1.54, 1.807) is 6.92 Å². The fraction of sp³-hybridized carbons (Fsp3) is 0.300. The number of alkyl halides is 1. The van der Waals surface area contributed by atoms with E-state index in [2.05, 4.69) is 4.74 Å². The number of halogens is 1. The number of hydrogen-bond acceptors (Lipinski definition) is 2. The Bertz CT molecular complexity index is 272. The first-order valence-corrected chi connectivity index (χ1v) is 4.56. The lowest BCUT2D eigenvalue weighted by Crippen LogP contribution is -2.12. The molecule has 0 spiro atoms. The average Bonchev–Trinajstić information content (AvgIpc) is 2.18. The van der Waals surface area contributed by atoms with Crippen molar-refractivity contribution in [1.29, 1.82) is 0 Å². The van der Waals surface area contributed by atoms with Gasteiger partial charge in [-0.25, -0.2) is 0 Å². The van der Waals surface area contributed by atoms with Crippen LogP contribution in [0.5, 0.6) is 0 Å². The van der Waals surface area contributed by atoms with Crippen molar-refractivity contribution >= 4 is 17.6 Å². The van der Waals surface area contributed by atoms with Crippen LogP contribution in [0.25, 0.3) is 0 Å². The van der Waals surface area contributed by atoms with Crippen LogP contribution in [-0.2, 0) is 9.53 Å². The van der Waals surface area contributed by atoms with Crippen molar-refractivity contribution in [2.24, 2.45) is 0 Å². The maximum absolute atomic E-state index is 11.2. The molecule has 13 heavy (non-hydrogen) atoms. The molecule has 1 atom stereocenters. The van der Waals surface area contributed by atoms with Crippen LogP contribution in [0.15, 0.2) is 30.3 Å². The van der Waals surface area contributed by atoms with Crippen molar-refractivity contribution < 1.29 is 9.53 Å². The molecule has 0 bridgehead atoms. The number of benzene rings is 1. The summed E-state index contributed by atoms with van der Waals surface area (Å²) in [5.74, 6) is -0.541. The predicted octanol–water partition coefficient (Wildman–Crippen LogP) is 2.53. The first kappa shape index (κ1) is 10.1. The van der Waals surface area contributed by atoms with Crippen molar-refractivity contribution in [2.75, 3.05) is 6.07 Å². The highest BCUT2D eigenvalue weighted by Gasteiger charge is 2.15. The Labute approximate surface area is 82.5 Å². The highest BCUT2D eigenvalue weighted by molar-refractivity contribution is 6.17. The Morgan fingerprint density at radius 3 is 2.62 bits per heavy atom. The molecule has 1 rings (SSSR count). The quantitative estimate of drug-likeness (QED) is 0.551. The molecule has 0 aliphatic rings. The van der Waals surface area contributed by atoms with E-state index in [0.717, 1.165) is 5.56 Å². The topological polar surface area (TPSA) is 26.3 Å². The molecule has 1 aromatic rings. The van der Waals surface area contributed by atoms with Gasteiger partial charge in [-0.05, 0) is 12.5 Å². The average molecular weight is 199 g/mol. The van der Waals surface area contributed by atoms with Crippen LogP contribution >= 0.6 is 11.6 Å². The minimum Gasteiger partial charge on any atom is -0.449 e. The van der Waals surface area contributed by atoms with E-state index in [9.17, 15) is 4.79 Å². The molecule has 0 N–H and O–H groups in total. The standard InChI is InChI=1S/C10H11ClO2/c1-8(10(12)13-7-11)9-5-3-2-4-6-9/h2-6,8H,7H2,1H3/t8-/m0/s1. The third kappa shape index (κ3) is 2.74. The maximum atomic E-state index is 11.2. The van der Waals surface area contributed by atoms with E-state index in [1.807, 2.05) is 30.3 Å². The Hall–Kier alpha value is -1.02. The number of esters is 1. The van der Waals surface area contributed by atoms with Crippen molar-refractivity contribution in [2.45, 2.75) is 12.8 Å². The molecule has 3 heteroatoms. The van der Waals surface area contributed by atoms with Crippen LogP contribution in [0.2, 0.25) is 0 Å². The summed E-state index contributed by atoms with van der Waals surface area (Å²) >= 11 is 5.28. The summed E-state index contributed by atoms with van der Waals surface area (Å²) in [5.41, 5.74) is 0.942. The second-order valence-corrected chi connectivity index (χ2v) is 2.92. The normalized spacial score (nSPS) is 12.2. The summed E-state index contributed by atoms with van der Waals surface area (Å²) in [7, 11) is 0. The van der Waals surface area contributed by atoms with E-state index >= 15 is 0 Å². The molecule has 0 aliphatic heterocycles. The van der Waals surface area contributed by atoms with Gasteiger partial charge in [0.2, 0.25) is 0 Å². The Morgan fingerprint density at radius 1 is 1.46 bits per heavy atom. The van der Waals surface area contributed by atoms with Gasteiger partial charge in [0, 0.05) is 0 Å². The number of carbonyl (C=O) groups is 1. The van der Waals surface area contributed by atoms with Crippen LogP contribution in [0.3, 0.4) is 0 Å². The molecule has 0 radical (unpaired) electrons. The lowest BCUT2D eigenvalue weighted by molar-refractivity contribution is -0.142. The fourth-order valence-electron chi connectivity index (χ4n) is 1.06. The molecule has 70 valence electrons.